The van der Waals surface area contributed by atoms with Crippen LogP contribution in [0.4, 0.5) is 4.79 Å². The van der Waals surface area contributed by atoms with Crippen LogP contribution < -0.4 is 16.0 Å². The Morgan fingerprint density at radius 2 is 1.74 bits per heavy atom. The van der Waals surface area contributed by atoms with Gasteiger partial charge in [0.25, 0.3) is 0 Å². The number of carbonyl (C=O) groups is 3. The largest absolute Gasteiger partial charge is 0.444 e. The van der Waals surface area contributed by atoms with Gasteiger partial charge in [-0.2, -0.15) is 0 Å². The molecule has 3 N–H and O–H groups in total. The van der Waals surface area contributed by atoms with Gasteiger partial charge >= 0.3 is 6.09 Å². The highest BCUT2D eigenvalue weighted by molar-refractivity contribution is 5.80. The molecular formula is C26H40N4O4. The second-order valence-corrected chi connectivity index (χ2v) is 10.6. The monoisotopic (exact) mass is 472 g/mol. The number of carbonyl (C=O) groups excluding carboxylic acids is 3. The number of rotatable bonds is 9. The molecule has 0 radical (unpaired) electrons. The van der Waals surface area contributed by atoms with Crippen molar-refractivity contribution in [3.05, 3.63) is 35.4 Å². The van der Waals surface area contributed by atoms with E-state index < -0.39 is 11.7 Å². The average molecular weight is 473 g/mol. The summed E-state index contributed by atoms with van der Waals surface area (Å²) in [5.41, 5.74) is 1.82. The standard InChI is InChI=1S/C26H40N4O4/c1-18-7-9-19(10-8-18)23(20-11-12-20)29-22(31)17-30-15-5-6-21(16-30)24(32)27-13-14-28-25(33)34-26(2,3)4/h7-10,20-21,23H,5-6,11-17H2,1-4H3,(H,27,32)(H,28,33)(H,29,31). The number of hydrogen-bond acceptors (Lipinski definition) is 5. The summed E-state index contributed by atoms with van der Waals surface area (Å²) in [6.07, 6.45) is 3.48. The SMILES string of the molecule is Cc1ccc(C(NC(=O)CN2CCCC(C(=O)NCCNC(=O)OC(C)(C)C)C2)C2CC2)cc1. The predicted octanol–water partition coefficient (Wildman–Crippen LogP) is 2.92. The van der Waals surface area contributed by atoms with E-state index in [-0.39, 0.29) is 23.8 Å². The van der Waals surface area contributed by atoms with E-state index in [1.54, 1.807) is 20.8 Å². The molecule has 1 saturated carbocycles. The van der Waals surface area contributed by atoms with E-state index in [2.05, 4.69) is 52.0 Å². The third-order valence-electron chi connectivity index (χ3n) is 6.18. The number of benzene rings is 1. The zero-order valence-electron chi connectivity index (χ0n) is 21.0. The third kappa shape index (κ3) is 8.63. The molecule has 2 unspecified atom stereocenters. The topological polar surface area (TPSA) is 99.8 Å². The number of aryl methyl sites for hydroxylation is 1. The molecule has 188 valence electrons. The van der Waals surface area contributed by atoms with E-state index in [9.17, 15) is 14.4 Å². The first-order valence-electron chi connectivity index (χ1n) is 12.4. The summed E-state index contributed by atoms with van der Waals surface area (Å²) >= 11 is 0. The maximum Gasteiger partial charge on any atom is 0.407 e. The summed E-state index contributed by atoms with van der Waals surface area (Å²) in [7, 11) is 0. The van der Waals surface area contributed by atoms with E-state index >= 15 is 0 Å². The fourth-order valence-corrected chi connectivity index (χ4v) is 4.32. The van der Waals surface area contributed by atoms with Crippen LogP contribution in [0.1, 0.15) is 63.6 Å². The van der Waals surface area contributed by atoms with Gasteiger partial charge in [0, 0.05) is 19.6 Å². The van der Waals surface area contributed by atoms with Crippen molar-refractivity contribution in [2.45, 2.75) is 65.0 Å². The second kappa shape index (κ2) is 11.7. The van der Waals surface area contributed by atoms with Gasteiger partial charge in [0.1, 0.15) is 5.60 Å². The lowest BCUT2D eigenvalue weighted by Crippen LogP contribution is -2.48. The van der Waals surface area contributed by atoms with Gasteiger partial charge in [-0.05, 0) is 71.4 Å². The molecule has 1 saturated heterocycles. The molecule has 3 amide bonds. The molecule has 1 heterocycles. The zero-order chi connectivity index (χ0) is 24.7. The minimum Gasteiger partial charge on any atom is -0.444 e. The smallest absolute Gasteiger partial charge is 0.407 e. The van der Waals surface area contributed by atoms with E-state index in [0.717, 1.165) is 37.8 Å². The highest BCUT2D eigenvalue weighted by atomic mass is 16.6. The third-order valence-corrected chi connectivity index (χ3v) is 6.18. The van der Waals surface area contributed by atoms with Crippen LogP contribution in [-0.2, 0) is 14.3 Å². The molecule has 8 heteroatoms. The molecule has 1 aromatic rings. The van der Waals surface area contributed by atoms with Gasteiger partial charge in [-0.1, -0.05) is 29.8 Å². The Morgan fingerprint density at radius 3 is 2.38 bits per heavy atom. The quantitative estimate of drug-likeness (QED) is 0.480. The van der Waals surface area contributed by atoms with E-state index in [1.807, 2.05) is 0 Å². The number of hydrogen-bond donors (Lipinski definition) is 3. The average Bonchev–Trinajstić information content (AvgIpc) is 3.60. The molecule has 1 aliphatic carbocycles. The Kier molecular flexibility index (Phi) is 8.94. The molecule has 8 nitrogen and oxygen atoms in total. The number of ether oxygens (including phenoxy) is 1. The second-order valence-electron chi connectivity index (χ2n) is 10.6. The number of nitrogens with zero attached hydrogens (tertiary/aromatic N) is 1. The number of nitrogens with one attached hydrogen (secondary N) is 3. The molecule has 34 heavy (non-hydrogen) atoms. The van der Waals surface area contributed by atoms with Crippen LogP contribution in [0, 0.1) is 18.8 Å². The summed E-state index contributed by atoms with van der Waals surface area (Å²) in [6, 6.07) is 8.46. The molecule has 2 fully saturated rings. The maximum absolute atomic E-state index is 12.8. The molecular weight excluding hydrogens is 432 g/mol. The van der Waals surface area contributed by atoms with Crippen LogP contribution in [0.5, 0.6) is 0 Å². The fourth-order valence-electron chi connectivity index (χ4n) is 4.32. The van der Waals surface area contributed by atoms with Crippen molar-refractivity contribution in [1.29, 1.82) is 0 Å². The molecule has 0 spiro atoms. The normalized spacial score (nSPS) is 19.7. The summed E-state index contributed by atoms with van der Waals surface area (Å²) in [5.74, 6) is 0.340. The minimum atomic E-state index is -0.552. The zero-order valence-corrected chi connectivity index (χ0v) is 21.0. The van der Waals surface area contributed by atoms with Crippen molar-refractivity contribution >= 4 is 17.9 Å². The van der Waals surface area contributed by atoms with Crippen molar-refractivity contribution < 1.29 is 19.1 Å². The van der Waals surface area contributed by atoms with Crippen LogP contribution in [0.25, 0.3) is 0 Å². The Hall–Kier alpha value is -2.61. The van der Waals surface area contributed by atoms with Crippen molar-refractivity contribution in [3.8, 4) is 0 Å². The molecule has 2 aliphatic rings. The van der Waals surface area contributed by atoms with Crippen LogP contribution in [-0.4, -0.2) is 61.1 Å². The lowest BCUT2D eigenvalue weighted by atomic mass is 9.97. The van der Waals surface area contributed by atoms with E-state index in [0.29, 0.717) is 32.1 Å². The van der Waals surface area contributed by atoms with Gasteiger partial charge in [0.2, 0.25) is 11.8 Å². The minimum absolute atomic E-state index is 0.0140. The van der Waals surface area contributed by atoms with Gasteiger partial charge in [0.05, 0.1) is 18.5 Å². The summed E-state index contributed by atoms with van der Waals surface area (Å²) in [5, 5.41) is 8.77. The highest BCUT2D eigenvalue weighted by Crippen LogP contribution is 2.41. The number of likely N-dealkylation sites (tertiary alicyclic amines) is 1. The first-order valence-corrected chi connectivity index (χ1v) is 12.4. The Labute approximate surface area is 203 Å². The van der Waals surface area contributed by atoms with Crippen molar-refractivity contribution in [2.75, 3.05) is 32.7 Å². The molecule has 2 atom stereocenters. The van der Waals surface area contributed by atoms with Crippen LogP contribution in [0.2, 0.25) is 0 Å². The van der Waals surface area contributed by atoms with E-state index in [4.69, 9.17) is 4.74 Å². The van der Waals surface area contributed by atoms with E-state index in [1.165, 1.54) is 5.56 Å². The van der Waals surface area contributed by atoms with Crippen LogP contribution in [0.15, 0.2) is 24.3 Å². The lowest BCUT2D eigenvalue weighted by molar-refractivity contribution is -0.129. The first kappa shape index (κ1) is 26.0. The first-order chi connectivity index (χ1) is 16.1. The highest BCUT2D eigenvalue weighted by Gasteiger charge is 2.34. The van der Waals surface area contributed by atoms with Gasteiger partial charge in [-0.25, -0.2) is 4.79 Å². The summed E-state index contributed by atoms with van der Waals surface area (Å²) in [4.78, 5) is 39.2. The van der Waals surface area contributed by atoms with Gasteiger partial charge in [0.15, 0.2) is 0 Å². The molecule has 1 aromatic carbocycles. The number of piperidine rings is 1. The Morgan fingerprint density at radius 1 is 1.06 bits per heavy atom. The van der Waals surface area contributed by atoms with Gasteiger partial charge in [-0.15, -0.1) is 0 Å². The summed E-state index contributed by atoms with van der Waals surface area (Å²) < 4.78 is 5.18. The number of amides is 3. The Bertz CT molecular complexity index is 845. The van der Waals surface area contributed by atoms with Crippen molar-refractivity contribution in [3.63, 3.8) is 0 Å². The maximum atomic E-state index is 12.8. The molecule has 0 bridgehead atoms. The number of alkyl carbamates (subject to hydrolysis) is 1. The lowest BCUT2D eigenvalue weighted by Gasteiger charge is -2.32. The molecule has 1 aliphatic heterocycles. The molecule has 3 rings (SSSR count). The van der Waals surface area contributed by atoms with Crippen molar-refractivity contribution in [2.24, 2.45) is 11.8 Å². The van der Waals surface area contributed by atoms with Gasteiger partial charge < -0.3 is 20.7 Å². The van der Waals surface area contributed by atoms with Crippen molar-refractivity contribution in [1.82, 2.24) is 20.9 Å². The summed E-state index contributed by atoms with van der Waals surface area (Å²) in [6.45, 7) is 9.81. The van der Waals surface area contributed by atoms with Gasteiger partial charge in [-0.3, -0.25) is 14.5 Å². The predicted molar refractivity (Wildman–Crippen MR) is 131 cm³/mol. The fraction of sp³-hybridized carbons (Fsp3) is 0.654. The van der Waals surface area contributed by atoms with Crippen LogP contribution >= 0.6 is 0 Å². The molecule has 0 aromatic heterocycles. The van der Waals surface area contributed by atoms with Crippen LogP contribution in [0.3, 0.4) is 0 Å². The Balaban J connectivity index is 1.40.